The normalized spacial score (nSPS) is 16.0. The molecule has 0 saturated carbocycles. The summed E-state index contributed by atoms with van der Waals surface area (Å²) in [7, 11) is 0. The number of rotatable bonds is 5. The number of nitrogens with two attached hydrogens (primary N) is 1. The van der Waals surface area contributed by atoms with Crippen molar-refractivity contribution in [1.82, 2.24) is 10.6 Å². The third-order valence-corrected chi connectivity index (χ3v) is 7.09. The minimum atomic E-state index is -0.361. The van der Waals surface area contributed by atoms with Gasteiger partial charge in [0.25, 0.3) is 0 Å². The maximum absolute atomic E-state index is 12.9. The van der Waals surface area contributed by atoms with Crippen LogP contribution >= 0.6 is 39.3 Å². The highest BCUT2D eigenvalue weighted by Crippen LogP contribution is 2.49. The summed E-state index contributed by atoms with van der Waals surface area (Å²) in [4.78, 5) is 16.0. The van der Waals surface area contributed by atoms with E-state index in [1.54, 1.807) is 11.8 Å². The Balaban J connectivity index is 1.59. The Kier molecular flexibility index (Phi) is 6.77. The number of para-hydroxylation sites is 2. The second-order valence-corrected chi connectivity index (χ2v) is 9.60. The molecule has 8 heteroatoms. The molecule has 0 radical (unpaired) electrons. The van der Waals surface area contributed by atoms with Gasteiger partial charge < -0.3 is 21.3 Å². The lowest BCUT2D eigenvalue weighted by Gasteiger charge is -2.30. The molecule has 4 rings (SSSR count). The molecule has 3 aromatic carbocycles. The Hall–Kier alpha value is -2.19. The summed E-state index contributed by atoms with van der Waals surface area (Å²) in [6.07, 6.45) is 0. The number of hydrogen-bond donors (Lipinski definition) is 3. The van der Waals surface area contributed by atoms with Gasteiger partial charge in [-0.3, -0.25) is 0 Å². The first kappa shape index (κ1) is 22.0. The lowest BCUT2D eigenvalue weighted by Crippen LogP contribution is -2.47. The Morgan fingerprint density at radius 2 is 1.90 bits per heavy atom. The van der Waals surface area contributed by atoms with Crippen LogP contribution in [0.5, 0.6) is 0 Å². The number of halogens is 2. The van der Waals surface area contributed by atoms with E-state index in [1.807, 2.05) is 73.7 Å². The maximum atomic E-state index is 12.9. The van der Waals surface area contributed by atoms with Gasteiger partial charge in [-0.2, -0.15) is 0 Å². The molecule has 0 bridgehead atoms. The second kappa shape index (κ2) is 9.53. The lowest BCUT2D eigenvalue weighted by molar-refractivity contribution is 0.237. The van der Waals surface area contributed by atoms with Gasteiger partial charge in [0.15, 0.2) is 5.50 Å². The molecule has 2 amide bonds. The van der Waals surface area contributed by atoms with E-state index in [1.165, 1.54) is 0 Å². The third-order valence-electron chi connectivity index (χ3n) is 5.10. The van der Waals surface area contributed by atoms with Crippen LogP contribution in [0.1, 0.15) is 24.1 Å². The summed E-state index contributed by atoms with van der Waals surface area (Å²) in [5.74, 6) is 0. The molecule has 31 heavy (non-hydrogen) atoms. The van der Waals surface area contributed by atoms with Gasteiger partial charge in [-0.25, -0.2) is 4.79 Å². The van der Waals surface area contributed by atoms with Crippen molar-refractivity contribution >= 4 is 56.7 Å². The van der Waals surface area contributed by atoms with Gasteiger partial charge in [0.1, 0.15) is 0 Å². The van der Waals surface area contributed by atoms with Gasteiger partial charge in [-0.1, -0.05) is 75.7 Å². The highest BCUT2D eigenvalue weighted by atomic mass is 79.9. The Bertz CT molecular complexity index is 1100. The minimum absolute atomic E-state index is 0.143. The summed E-state index contributed by atoms with van der Waals surface area (Å²) in [6, 6.07) is 21.2. The molecule has 5 nitrogen and oxygen atoms in total. The zero-order valence-corrected chi connectivity index (χ0v) is 20.0. The minimum Gasteiger partial charge on any atom is -0.332 e. The van der Waals surface area contributed by atoms with Gasteiger partial charge in [0.05, 0.1) is 22.4 Å². The molecule has 0 spiro atoms. The third kappa shape index (κ3) is 4.70. The Morgan fingerprint density at radius 3 is 2.65 bits per heavy atom. The number of amides is 2. The van der Waals surface area contributed by atoms with Crippen molar-refractivity contribution in [1.29, 1.82) is 0 Å². The van der Waals surface area contributed by atoms with E-state index in [9.17, 15) is 4.79 Å². The number of nitrogens with zero attached hydrogens (tertiary/aromatic N) is 1. The van der Waals surface area contributed by atoms with Gasteiger partial charge in [0, 0.05) is 15.9 Å². The van der Waals surface area contributed by atoms with Gasteiger partial charge >= 0.3 is 6.03 Å². The van der Waals surface area contributed by atoms with E-state index in [2.05, 4.69) is 31.5 Å². The van der Waals surface area contributed by atoms with Crippen molar-refractivity contribution in [2.24, 2.45) is 5.73 Å². The lowest BCUT2D eigenvalue weighted by atomic mass is 10.1. The largest absolute Gasteiger partial charge is 0.332 e. The first-order chi connectivity index (χ1) is 15.0. The fraction of sp³-hybridized carbons (Fsp3) is 0.174. The van der Waals surface area contributed by atoms with Crippen LogP contribution in [-0.4, -0.2) is 11.5 Å². The second-order valence-electron chi connectivity index (χ2n) is 7.15. The summed E-state index contributed by atoms with van der Waals surface area (Å²) in [6.45, 7) is 2.30. The number of anilines is 2. The molecule has 0 saturated heterocycles. The first-order valence-electron chi connectivity index (χ1n) is 9.83. The van der Waals surface area contributed by atoms with Crippen LogP contribution in [0.4, 0.5) is 16.2 Å². The average Bonchev–Trinajstić information content (AvgIpc) is 3.11. The molecule has 0 aromatic heterocycles. The molecular formula is C23H22BrClN4OS. The van der Waals surface area contributed by atoms with E-state index >= 15 is 0 Å². The summed E-state index contributed by atoms with van der Waals surface area (Å²) < 4.78 is 0.999. The van der Waals surface area contributed by atoms with Crippen molar-refractivity contribution < 1.29 is 4.79 Å². The molecule has 4 N–H and O–H groups in total. The molecule has 2 unspecified atom stereocenters. The number of carbonyl (C=O) groups excluding carboxylic acids is 1. The molecule has 3 aromatic rings. The number of benzene rings is 3. The van der Waals surface area contributed by atoms with Crippen LogP contribution < -0.4 is 21.3 Å². The van der Waals surface area contributed by atoms with Crippen LogP contribution in [0.2, 0.25) is 5.02 Å². The van der Waals surface area contributed by atoms with E-state index in [4.69, 9.17) is 17.3 Å². The predicted molar refractivity (Wildman–Crippen MR) is 132 cm³/mol. The molecule has 160 valence electrons. The smallest absolute Gasteiger partial charge is 0.317 e. The number of urea groups is 1. The quantitative estimate of drug-likeness (QED) is 0.380. The zero-order chi connectivity index (χ0) is 22.0. The van der Waals surface area contributed by atoms with Crippen LogP contribution in [0, 0.1) is 0 Å². The fourth-order valence-corrected chi connectivity index (χ4v) is 5.29. The average molecular weight is 518 g/mol. The van der Waals surface area contributed by atoms with Crippen LogP contribution in [-0.2, 0) is 6.54 Å². The first-order valence-corrected chi connectivity index (χ1v) is 11.9. The van der Waals surface area contributed by atoms with E-state index < -0.39 is 0 Å². The Morgan fingerprint density at radius 1 is 1.16 bits per heavy atom. The SMILES string of the molecule is CC(NC(=O)NC1Sc2ccccc2N1c1c(Cl)cccc1CN)c1ccc(Br)cc1. The standard InChI is InChI=1S/C23H22BrClN4OS/c1-14(15-9-11-17(24)12-10-15)27-22(30)28-23-29(19-7-2-3-8-20(19)31-23)21-16(13-26)5-4-6-18(21)25/h2-12,14,23H,13,26H2,1H3,(H2,27,28,30). The number of nitrogens with one attached hydrogen (secondary N) is 2. The van der Waals surface area contributed by atoms with Crippen molar-refractivity contribution in [3.05, 3.63) is 87.4 Å². The number of hydrogen-bond acceptors (Lipinski definition) is 4. The molecule has 1 aliphatic heterocycles. The van der Waals surface area contributed by atoms with Crippen LogP contribution in [0.3, 0.4) is 0 Å². The summed E-state index contributed by atoms with van der Waals surface area (Å²) in [5.41, 5.74) is 9.38. The highest BCUT2D eigenvalue weighted by Gasteiger charge is 2.34. The number of fused-ring (bicyclic) bond motifs is 1. The molecule has 2 atom stereocenters. The van der Waals surface area contributed by atoms with Gasteiger partial charge in [-0.15, -0.1) is 0 Å². The topological polar surface area (TPSA) is 70.4 Å². The molecule has 1 heterocycles. The molecule has 0 fully saturated rings. The van der Waals surface area contributed by atoms with E-state index in [0.717, 1.165) is 31.9 Å². The zero-order valence-electron chi connectivity index (χ0n) is 16.8. The van der Waals surface area contributed by atoms with Gasteiger partial charge in [-0.05, 0) is 48.4 Å². The monoisotopic (exact) mass is 516 g/mol. The van der Waals surface area contributed by atoms with Crippen molar-refractivity contribution in [3.63, 3.8) is 0 Å². The molecule has 0 aliphatic carbocycles. The summed E-state index contributed by atoms with van der Waals surface area (Å²) in [5, 5.41) is 6.71. The van der Waals surface area contributed by atoms with Crippen LogP contribution in [0.15, 0.2) is 76.1 Å². The molecule has 1 aliphatic rings. The maximum Gasteiger partial charge on any atom is 0.317 e. The Labute approximate surface area is 199 Å². The predicted octanol–water partition coefficient (Wildman–Crippen LogP) is 6.15. The van der Waals surface area contributed by atoms with E-state index in [0.29, 0.717) is 11.6 Å². The summed E-state index contributed by atoms with van der Waals surface area (Å²) >= 11 is 11.6. The van der Waals surface area contributed by atoms with Crippen molar-refractivity contribution in [3.8, 4) is 0 Å². The van der Waals surface area contributed by atoms with E-state index in [-0.39, 0.29) is 17.6 Å². The highest BCUT2D eigenvalue weighted by molar-refractivity contribution is 9.10. The molecular weight excluding hydrogens is 496 g/mol. The van der Waals surface area contributed by atoms with Crippen LogP contribution in [0.25, 0.3) is 0 Å². The number of carbonyl (C=O) groups is 1. The van der Waals surface area contributed by atoms with Crippen molar-refractivity contribution in [2.45, 2.75) is 29.9 Å². The van der Waals surface area contributed by atoms with Gasteiger partial charge in [0.2, 0.25) is 0 Å². The van der Waals surface area contributed by atoms with Crippen molar-refractivity contribution in [2.75, 3.05) is 4.90 Å². The number of thioether (sulfide) groups is 1. The fourth-order valence-electron chi connectivity index (χ4n) is 3.57.